The van der Waals surface area contributed by atoms with Crippen molar-refractivity contribution in [3.8, 4) is 11.3 Å². The van der Waals surface area contributed by atoms with E-state index in [1.165, 1.54) is 24.8 Å². The SMILES string of the molecule is COC(=O)c1cc(-c2nc[nH]c2Cl)cs1. The quantitative estimate of drug-likeness (QED) is 0.824. The minimum atomic E-state index is -0.349. The maximum absolute atomic E-state index is 11.2. The highest BCUT2D eigenvalue weighted by molar-refractivity contribution is 7.12. The first-order valence-electron chi connectivity index (χ1n) is 4.08. The lowest BCUT2D eigenvalue weighted by atomic mass is 10.2. The number of carbonyl (C=O) groups is 1. The number of aromatic nitrogens is 2. The zero-order chi connectivity index (χ0) is 10.8. The molecule has 0 spiro atoms. The molecule has 2 aromatic heterocycles. The first-order chi connectivity index (χ1) is 7.22. The van der Waals surface area contributed by atoms with Crippen LogP contribution in [-0.2, 0) is 4.74 Å². The van der Waals surface area contributed by atoms with E-state index < -0.39 is 0 Å². The van der Waals surface area contributed by atoms with E-state index in [-0.39, 0.29) is 5.97 Å². The molecule has 4 nitrogen and oxygen atoms in total. The summed E-state index contributed by atoms with van der Waals surface area (Å²) in [4.78, 5) is 18.6. The summed E-state index contributed by atoms with van der Waals surface area (Å²) < 4.78 is 4.61. The number of hydrogen-bond acceptors (Lipinski definition) is 4. The molecule has 0 fully saturated rings. The molecule has 0 unspecified atom stereocenters. The molecule has 0 aliphatic heterocycles. The van der Waals surface area contributed by atoms with E-state index in [2.05, 4.69) is 14.7 Å². The van der Waals surface area contributed by atoms with E-state index in [1.54, 1.807) is 6.07 Å². The fourth-order valence-electron chi connectivity index (χ4n) is 1.15. The zero-order valence-electron chi connectivity index (χ0n) is 7.78. The van der Waals surface area contributed by atoms with Gasteiger partial charge in [-0.05, 0) is 6.07 Å². The van der Waals surface area contributed by atoms with Crippen LogP contribution in [0.5, 0.6) is 0 Å². The molecule has 2 heterocycles. The van der Waals surface area contributed by atoms with Gasteiger partial charge in [-0.3, -0.25) is 0 Å². The van der Waals surface area contributed by atoms with Crippen molar-refractivity contribution in [1.82, 2.24) is 9.97 Å². The van der Waals surface area contributed by atoms with Gasteiger partial charge in [-0.1, -0.05) is 11.6 Å². The third-order valence-electron chi connectivity index (χ3n) is 1.85. The lowest BCUT2D eigenvalue weighted by Gasteiger charge is -1.92. The molecule has 1 N–H and O–H groups in total. The van der Waals surface area contributed by atoms with Gasteiger partial charge in [-0.15, -0.1) is 11.3 Å². The van der Waals surface area contributed by atoms with Crippen molar-refractivity contribution < 1.29 is 9.53 Å². The number of hydrogen-bond donors (Lipinski definition) is 1. The topological polar surface area (TPSA) is 55.0 Å². The number of thiophene rings is 1. The predicted molar refractivity (Wildman–Crippen MR) is 58.3 cm³/mol. The van der Waals surface area contributed by atoms with Gasteiger partial charge in [0.25, 0.3) is 0 Å². The number of imidazole rings is 1. The van der Waals surface area contributed by atoms with E-state index >= 15 is 0 Å². The monoisotopic (exact) mass is 242 g/mol. The summed E-state index contributed by atoms with van der Waals surface area (Å²) in [5, 5.41) is 2.28. The van der Waals surface area contributed by atoms with Gasteiger partial charge in [0, 0.05) is 10.9 Å². The Hall–Kier alpha value is -1.33. The number of ether oxygens (including phenoxy) is 1. The Kier molecular flexibility index (Phi) is 2.75. The molecule has 0 saturated carbocycles. The molecule has 78 valence electrons. The molecule has 0 amide bonds. The summed E-state index contributed by atoms with van der Waals surface area (Å²) in [6, 6.07) is 1.71. The molecular formula is C9H7ClN2O2S. The van der Waals surface area contributed by atoms with E-state index in [9.17, 15) is 4.79 Å². The van der Waals surface area contributed by atoms with Gasteiger partial charge in [0.15, 0.2) is 0 Å². The summed E-state index contributed by atoms with van der Waals surface area (Å²) in [5.41, 5.74) is 1.45. The van der Waals surface area contributed by atoms with Gasteiger partial charge in [0.1, 0.15) is 15.7 Å². The molecular weight excluding hydrogens is 236 g/mol. The van der Waals surface area contributed by atoms with Crippen LogP contribution in [0.4, 0.5) is 0 Å². The largest absolute Gasteiger partial charge is 0.465 e. The molecule has 2 aromatic rings. The summed E-state index contributed by atoms with van der Waals surface area (Å²) in [6.07, 6.45) is 1.51. The highest BCUT2D eigenvalue weighted by Gasteiger charge is 2.13. The Balaban J connectivity index is 2.36. The number of esters is 1. The second-order valence-electron chi connectivity index (χ2n) is 2.76. The van der Waals surface area contributed by atoms with Gasteiger partial charge in [-0.2, -0.15) is 0 Å². The Labute approximate surface area is 94.9 Å². The Bertz CT molecular complexity index is 492. The first-order valence-corrected chi connectivity index (χ1v) is 5.34. The fourth-order valence-corrected chi connectivity index (χ4v) is 2.16. The average molecular weight is 243 g/mol. The van der Waals surface area contributed by atoms with Crippen LogP contribution in [0.15, 0.2) is 17.8 Å². The standard InChI is InChI=1S/C9H7ClN2O2S/c1-14-9(13)6-2-5(3-15-6)7-8(10)12-4-11-7/h2-4H,1H3,(H,11,12). The van der Waals surface area contributed by atoms with Crippen molar-refractivity contribution in [3.63, 3.8) is 0 Å². The normalized spacial score (nSPS) is 10.3. The number of nitrogens with one attached hydrogen (secondary N) is 1. The van der Waals surface area contributed by atoms with Gasteiger partial charge < -0.3 is 9.72 Å². The number of rotatable bonds is 2. The summed E-state index contributed by atoms with van der Waals surface area (Å²) in [6.45, 7) is 0. The number of aromatic amines is 1. The van der Waals surface area contributed by atoms with E-state index in [4.69, 9.17) is 11.6 Å². The second-order valence-corrected chi connectivity index (χ2v) is 4.05. The van der Waals surface area contributed by atoms with Crippen LogP contribution in [0.2, 0.25) is 5.15 Å². The molecule has 0 bridgehead atoms. The Morgan fingerprint density at radius 3 is 3.07 bits per heavy atom. The van der Waals surface area contributed by atoms with Crippen LogP contribution in [-0.4, -0.2) is 23.0 Å². The van der Waals surface area contributed by atoms with E-state index in [0.717, 1.165) is 5.56 Å². The fraction of sp³-hybridized carbons (Fsp3) is 0.111. The minimum absolute atomic E-state index is 0.349. The van der Waals surface area contributed by atoms with E-state index in [1.807, 2.05) is 5.38 Å². The van der Waals surface area contributed by atoms with Crippen LogP contribution in [0.3, 0.4) is 0 Å². The smallest absolute Gasteiger partial charge is 0.348 e. The number of methoxy groups -OCH3 is 1. The van der Waals surface area contributed by atoms with Crippen molar-refractivity contribution >= 4 is 28.9 Å². The van der Waals surface area contributed by atoms with Crippen molar-refractivity contribution in [2.45, 2.75) is 0 Å². The molecule has 0 atom stereocenters. The van der Waals surface area contributed by atoms with Gasteiger partial charge in [-0.25, -0.2) is 9.78 Å². The molecule has 0 radical (unpaired) electrons. The zero-order valence-corrected chi connectivity index (χ0v) is 9.35. The second kappa shape index (κ2) is 4.04. The summed E-state index contributed by atoms with van der Waals surface area (Å²) in [7, 11) is 1.35. The number of nitrogens with zero attached hydrogens (tertiary/aromatic N) is 1. The Morgan fingerprint density at radius 2 is 2.47 bits per heavy atom. The third-order valence-corrected chi connectivity index (χ3v) is 3.05. The molecule has 15 heavy (non-hydrogen) atoms. The molecule has 0 saturated heterocycles. The average Bonchev–Trinajstić information content (AvgIpc) is 2.84. The predicted octanol–water partition coefficient (Wildman–Crippen LogP) is 2.58. The lowest BCUT2D eigenvalue weighted by Crippen LogP contribution is -1.96. The molecule has 6 heteroatoms. The van der Waals surface area contributed by atoms with Gasteiger partial charge >= 0.3 is 5.97 Å². The van der Waals surface area contributed by atoms with Crippen LogP contribution in [0, 0.1) is 0 Å². The number of H-pyrrole nitrogens is 1. The van der Waals surface area contributed by atoms with Crippen LogP contribution >= 0.6 is 22.9 Å². The summed E-state index contributed by atoms with van der Waals surface area (Å²) >= 11 is 7.17. The van der Waals surface area contributed by atoms with Crippen LogP contribution < -0.4 is 0 Å². The minimum Gasteiger partial charge on any atom is -0.465 e. The lowest BCUT2D eigenvalue weighted by molar-refractivity contribution is 0.0606. The van der Waals surface area contributed by atoms with Crippen molar-refractivity contribution in [2.75, 3.05) is 7.11 Å². The summed E-state index contributed by atoms with van der Waals surface area (Å²) in [5.74, 6) is -0.349. The van der Waals surface area contributed by atoms with Crippen LogP contribution in [0.1, 0.15) is 9.67 Å². The molecule has 0 aliphatic rings. The maximum atomic E-state index is 11.2. The van der Waals surface area contributed by atoms with Crippen LogP contribution in [0.25, 0.3) is 11.3 Å². The van der Waals surface area contributed by atoms with Gasteiger partial charge in [0.2, 0.25) is 0 Å². The highest BCUT2D eigenvalue weighted by atomic mass is 35.5. The number of halogens is 1. The molecule has 0 aromatic carbocycles. The molecule has 0 aliphatic carbocycles. The molecule has 2 rings (SSSR count). The van der Waals surface area contributed by atoms with Crippen molar-refractivity contribution in [3.05, 3.63) is 27.8 Å². The highest BCUT2D eigenvalue weighted by Crippen LogP contribution is 2.28. The first kappa shape index (κ1) is 10.2. The van der Waals surface area contributed by atoms with Gasteiger partial charge in [0.05, 0.1) is 13.4 Å². The number of carbonyl (C=O) groups excluding carboxylic acids is 1. The van der Waals surface area contributed by atoms with E-state index in [0.29, 0.717) is 15.7 Å². The van der Waals surface area contributed by atoms with Crippen molar-refractivity contribution in [2.24, 2.45) is 0 Å². The maximum Gasteiger partial charge on any atom is 0.348 e. The third kappa shape index (κ3) is 1.88. The van der Waals surface area contributed by atoms with Crippen molar-refractivity contribution in [1.29, 1.82) is 0 Å². The Morgan fingerprint density at radius 1 is 1.67 bits per heavy atom.